The van der Waals surface area contributed by atoms with Crippen LogP contribution in [0.2, 0.25) is 10.0 Å². The molecule has 7 nitrogen and oxygen atoms in total. The molecule has 2 aromatic rings. The molecule has 0 aliphatic carbocycles. The van der Waals surface area contributed by atoms with Gasteiger partial charge in [-0.05, 0) is 48.2 Å². The van der Waals surface area contributed by atoms with E-state index >= 15 is 0 Å². The average molecular weight is 529 g/mol. The van der Waals surface area contributed by atoms with E-state index in [4.69, 9.17) is 23.2 Å². The Kier molecular flexibility index (Phi) is 10.2. The van der Waals surface area contributed by atoms with E-state index in [1.807, 2.05) is 20.8 Å². The van der Waals surface area contributed by atoms with Crippen molar-refractivity contribution in [3.8, 4) is 0 Å². The summed E-state index contributed by atoms with van der Waals surface area (Å²) in [5, 5.41) is 3.78. The molecule has 0 aromatic heterocycles. The molecule has 0 heterocycles. The first-order valence-electron chi connectivity index (χ1n) is 11.0. The summed E-state index contributed by atoms with van der Waals surface area (Å²) in [6, 6.07) is 12.4. The van der Waals surface area contributed by atoms with Crippen LogP contribution in [-0.2, 0) is 26.2 Å². The molecule has 1 atom stereocenters. The largest absolute Gasteiger partial charge is 0.354 e. The quantitative estimate of drug-likeness (QED) is 0.470. The number of nitrogens with zero attached hydrogens (tertiary/aromatic N) is 2. The minimum Gasteiger partial charge on any atom is -0.354 e. The maximum atomic E-state index is 13.6. The molecular formula is C24H31Cl2N3O4S. The predicted molar refractivity (Wildman–Crippen MR) is 138 cm³/mol. The third-order valence-corrected chi connectivity index (χ3v) is 6.74. The van der Waals surface area contributed by atoms with Gasteiger partial charge in [-0.3, -0.25) is 13.9 Å². The summed E-state index contributed by atoms with van der Waals surface area (Å²) in [7, 11) is -3.81. The van der Waals surface area contributed by atoms with Crippen molar-refractivity contribution in [2.75, 3.05) is 23.7 Å². The lowest BCUT2D eigenvalue weighted by atomic mass is 10.1. The van der Waals surface area contributed by atoms with Crippen LogP contribution in [0.1, 0.15) is 32.8 Å². The van der Waals surface area contributed by atoms with Gasteiger partial charge in [-0.2, -0.15) is 0 Å². The molecule has 10 heteroatoms. The average Bonchev–Trinajstić information content (AvgIpc) is 2.76. The van der Waals surface area contributed by atoms with Gasteiger partial charge in [-0.15, -0.1) is 0 Å². The zero-order chi connectivity index (χ0) is 25.5. The van der Waals surface area contributed by atoms with Crippen molar-refractivity contribution >= 4 is 50.7 Å². The number of anilines is 1. The topological polar surface area (TPSA) is 86.8 Å². The third kappa shape index (κ3) is 8.18. The van der Waals surface area contributed by atoms with Crippen LogP contribution in [0.15, 0.2) is 48.5 Å². The lowest BCUT2D eigenvalue weighted by molar-refractivity contribution is -0.140. The first-order valence-corrected chi connectivity index (χ1v) is 13.6. The second kappa shape index (κ2) is 12.4. The van der Waals surface area contributed by atoms with Crippen LogP contribution < -0.4 is 9.62 Å². The maximum Gasteiger partial charge on any atom is 0.244 e. The second-order valence-electron chi connectivity index (χ2n) is 8.46. The Balaban J connectivity index is 2.41. The highest BCUT2D eigenvalue weighted by Crippen LogP contribution is 2.23. The number of halogens is 2. The zero-order valence-electron chi connectivity index (χ0n) is 19.8. The number of rotatable bonds is 11. The summed E-state index contributed by atoms with van der Waals surface area (Å²) in [6.45, 7) is 5.89. The van der Waals surface area contributed by atoms with Crippen molar-refractivity contribution in [1.29, 1.82) is 0 Å². The molecule has 0 fully saturated rings. The number of hydrogen-bond donors (Lipinski definition) is 1. The molecule has 0 spiro atoms. The van der Waals surface area contributed by atoms with E-state index in [1.165, 1.54) is 11.0 Å². The summed E-state index contributed by atoms with van der Waals surface area (Å²) in [5.41, 5.74) is 1.04. The van der Waals surface area contributed by atoms with Gasteiger partial charge in [0.25, 0.3) is 0 Å². The molecule has 1 N–H and O–H groups in total. The van der Waals surface area contributed by atoms with Crippen molar-refractivity contribution < 1.29 is 18.0 Å². The highest BCUT2D eigenvalue weighted by Gasteiger charge is 2.31. The molecule has 0 bridgehead atoms. The first kappa shape index (κ1) is 28.0. The van der Waals surface area contributed by atoms with Gasteiger partial charge in [-0.1, -0.05) is 62.2 Å². The Morgan fingerprint density at radius 1 is 1.03 bits per heavy atom. The summed E-state index contributed by atoms with van der Waals surface area (Å²) in [5.74, 6) is -0.551. The fraction of sp³-hybridized carbons (Fsp3) is 0.417. The Labute approximate surface area is 212 Å². The van der Waals surface area contributed by atoms with E-state index in [-0.39, 0.29) is 24.1 Å². The molecule has 2 aromatic carbocycles. The normalized spacial score (nSPS) is 12.3. The van der Waals surface area contributed by atoms with Crippen LogP contribution in [0, 0.1) is 5.92 Å². The molecule has 34 heavy (non-hydrogen) atoms. The van der Waals surface area contributed by atoms with Gasteiger partial charge in [0.1, 0.15) is 12.6 Å². The molecule has 0 saturated heterocycles. The molecule has 0 unspecified atom stereocenters. The molecule has 0 saturated carbocycles. The monoisotopic (exact) mass is 527 g/mol. The number of benzene rings is 2. The second-order valence-corrected chi connectivity index (χ2v) is 11.2. The SMILES string of the molecule is CC[C@@H](C(=O)NCC(C)C)N(Cc1ccc(Cl)cc1)C(=O)CN(c1cccc(Cl)c1)S(C)(=O)=O. The van der Waals surface area contributed by atoms with Crippen molar-refractivity contribution in [3.05, 3.63) is 64.1 Å². The summed E-state index contributed by atoms with van der Waals surface area (Å²) < 4.78 is 26.1. The Hall–Kier alpha value is -2.29. The number of carbonyl (C=O) groups is 2. The van der Waals surface area contributed by atoms with Crippen molar-refractivity contribution in [1.82, 2.24) is 10.2 Å². The summed E-state index contributed by atoms with van der Waals surface area (Å²) in [6.07, 6.45) is 1.39. The minimum absolute atomic E-state index is 0.122. The Morgan fingerprint density at radius 2 is 1.68 bits per heavy atom. The van der Waals surface area contributed by atoms with Crippen molar-refractivity contribution in [2.24, 2.45) is 5.92 Å². The van der Waals surface area contributed by atoms with E-state index < -0.39 is 28.5 Å². The van der Waals surface area contributed by atoms with Gasteiger partial charge in [0.2, 0.25) is 21.8 Å². The summed E-state index contributed by atoms with van der Waals surface area (Å²) >= 11 is 12.0. The van der Waals surface area contributed by atoms with Crippen LogP contribution in [0.25, 0.3) is 0 Å². The van der Waals surface area contributed by atoms with Crippen LogP contribution >= 0.6 is 23.2 Å². The van der Waals surface area contributed by atoms with Gasteiger partial charge < -0.3 is 10.2 Å². The Morgan fingerprint density at radius 3 is 2.21 bits per heavy atom. The van der Waals surface area contributed by atoms with Crippen LogP contribution in [0.3, 0.4) is 0 Å². The molecule has 0 aliphatic rings. The number of amides is 2. The standard InChI is InChI=1S/C24H31Cl2N3O4S/c1-5-22(24(31)27-14-17(2)3)28(15-18-9-11-19(25)12-10-18)23(30)16-29(34(4,32)33)21-8-6-7-20(26)13-21/h6-13,17,22H,5,14-16H2,1-4H3,(H,27,31)/t22-/m0/s1. The molecule has 2 amide bonds. The Bertz CT molecular complexity index is 1090. The van der Waals surface area contributed by atoms with E-state index in [9.17, 15) is 18.0 Å². The number of nitrogens with one attached hydrogen (secondary N) is 1. The van der Waals surface area contributed by atoms with Crippen LogP contribution in [0.4, 0.5) is 5.69 Å². The van der Waals surface area contributed by atoms with E-state index in [1.54, 1.807) is 42.5 Å². The molecule has 0 aliphatic heterocycles. The van der Waals surface area contributed by atoms with Crippen molar-refractivity contribution in [3.63, 3.8) is 0 Å². The number of carbonyl (C=O) groups excluding carboxylic acids is 2. The highest BCUT2D eigenvalue weighted by atomic mass is 35.5. The fourth-order valence-electron chi connectivity index (χ4n) is 3.37. The van der Waals surface area contributed by atoms with Crippen molar-refractivity contribution in [2.45, 2.75) is 39.8 Å². The lowest BCUT2D eigenvalue weighted by Crippen LogP contribution is -2.52. The van der Waals surface area contributed by atoms with Gasteiger partial charge in [-0.25, -0.2) is 8.42 Å². The third-order valence-electron chi connectivity index (χ3n) is 5.11. The first-order chi connectivity index (χ1) is 15.9. The van der Waals surface area contributed by atoms with Gasteiger partial charge in [0, 0.05) is 23.1 Å². The summed E-state index contributed by atoms with van der Waals surface area (Å²) in [4.78, 5) is 28.0. The molecule has 2 rings (SSSR count). The predicted octanol–water partition coefficient (Wildman–Crippen LogP) is 4.34. The fourth-order valence-corrected chi connectivity index (χ4v) is 4.53. The van der Waals surface area contributed by atoms with Gasteiger partial charge in [0.05, 0.1) is 11.9 Å². The highest BCUT2D eigenvalue weighted by molar-refractivity contribution is 7.92. The van der Waals surface area contributed by atoms with Crippen LogP contribution in [0.5, 0.6) is 0 Å². The molecule has 186 valence electrons. The van der Waals surface area contributed by atoms with E-state index in [2.05, 4.69) is 5.32 Å². The van der Waals surface area contributed by atoms with Crippen LogP contribution in [-0.4, -0.2) is 50.5 Å². The van der Waals surface area contributed by atoms with E-state index in [0.717, 1.165) is 16.1 Å². The van der Waals surface area contributed by atoms with E-state index in [0.29, 0.717) is 23.0 Å². The molecular weight excluding hydrogens is 497 g/mol. The lowest BCUT2D eigenvalue weighted by Gasteiger charge is -2.33. The zero-order valence-corrected chi connectivity index (χ0v) is 22.1. The van der Waals surface area contributed by atoms with Gasteiger partial charge in [0.15, 0.2) is 0 Å². The number of sulfonamides is 1. The maximum absolute atomic E-state index is 13.6. The minimum atomic E-state index is -3.81. The molecule has 0 radical (unpaired) electrons. The van der Waals surface area contributed by atoms with Gasteiger partial charge >= 0.3 is 0 Å². The number of hydrogen-bond acceptors (Lipinski definition) is 4. The smallest absolute Gasteiger partial charge is 0.244 e.